The quantitative estimate of drug-likeness (QED) is 0.515. The number of primary amides is 1. The number of halogens is 1. The number of benzene rings is 2. The van der Waals surface area contributed by atoms with Crippen LogP contribution in [0.5, 0.6) is 0 Å². The third-order valence-corrected chi connectivity index (χ3v) is 4.33. The Morgan fingerprint density at radius 1 is 0.962 bits per heavy atom. The zero-order valence-corrected chi connectivity index (χ0v) is 14.2. The zero-order valence-electron chi connectivity index (χ0n) is 13.4. The fraction of sp³-hybridized carbons (Fsp3) is 0. The highest BCUT2D eigenvalue weighted by Gasteiger charge is 2.19. The number of fused-ring (bicyclic) bond motifs is 1. The molecule has 0 saturated heterocycles. The number of carbonyl (C=O) groups excluding carboxylic acids is 1. The number of hydrogen-bond donors (Lipinski definition) is 3. The number of aromatic amines is 1. The number of nitrogens with one attached hydrogen (secondary N) is 1. The van der Waals surface area contributed by atoms with Gasteiger partial charge in [-0.05, 0) is 29.8 Å². The molecule has 26 heavy (non-hydrogen) atoms. The summed E-state index contributed by atoms with van der Waals surface area (Å²) in [6.07, 6.45) is 0. The van der Waals surface area contributed by atoms with Gasteiger partial charge in [-0.1, -0.05) is 35.9 Å². The number of nitrogens with two attached hydrogens (primary N) is 2. The molecule has 8 heteroatoms. The van der Waals surface area contributed by atoms with Gasteiger partial charge in [0.1, 0.15) is 11.5 Å². The van der Waals surface area contributed by atoms with Crippen molar-refractivity contribution in [1.82, 2.24) is 20.4 Å². The van der Waals surface area contributed by atoms with Crippen molar-refractivity contribution < 1.29 is 4.79 Å². The first-order valence-corrected chi connectivity index (χ1v) is 8.09. The SMILES string of the molecule is NC(=O)c1ccc(-c2nnc3n[nH]c(N)c3c2-c2ccc(Cl)cc2)cc1. The fourth-order valence-corrected chi connectivity index (χ4v) is 2.95. The zero-order chi connectivity index (χ0) is 18.3. The van der Waals surface area contributed by atoms with E-state index < -0.39 is 5.91 Å². The van der Waals surface area contributed by atoms with Gasteiger partial charge < -0.3 is 11.5 Å². The topological polar surface area (TPSA) is 124 Å². The van der Waals surface area contributed by atoms with Gasteiger partial charge in [-0.15, -0.1) is 10.2 Å². The van der Waals surface area contributed by atoms with E-state index in [9.17, 15) is 4.79 Å². The maximum Gasteiger partial charge on any atom is 0.248 e. The molecule has 0 spiro atoms. The van der Waals surface area contributed by atoms with Crippen molar-refractivity contribution in [3.8, 4) is 22.4 Å². The van der Waals surface area contributed by atoms with Gasteiger partial charge in [-0.2, -0.15) is 5.10 Å². The number of aromatic nitrogens is 4. The summed E-state index contributed by atoms with van der Waals surface area (Å²) in [5, 5.41) is 16.6. The van der Waals surface area contributed by atoms with E-state index in [2.05, 4.69) is 20.4 Å². The minimum atomic E-state index is -0.491. The van der Waals surface area contributed by atoms with Crippen LogP contribution in [-0.4, -0.2) is 26.3 Å². The highest BCUT2D eigenvalue weighted by Crippen LogP contribution is 2.37. The number of nitrogens with zero attached hydrogens (tertiary/aromatic N) is 3. The third-order valence-electron chi connectivity index (χ3n) is 4.08. The molecule has 2 heterocycles. The molecule has 0 aliphatic carbocycles. The van der Waals surface area contributed by atoms with E-state index in [4.69, 9.17) is 23.1 Å². The highest BCUT2D eigenvalue weighted by molar-refractivity contribution is 6.30. The molecule has 0 unspecified atom stereocenters. The number of nitrogen functional groups attached to an aromatic ring is 1. The summed E-state index contributed by atoms with van der Waals surface area (Å²) in [6.45, 7) is 0. The standard InChI is InChI=1S/C18H13ClN6O/c19-12-7-5-9(6-8-12)13-14-16(20)23-25-18(14)24-22-15(13)10-1-3-11(4-2-10)17(21)26/h1-8H,(H2,21,26)(H3,20,23,24,25). The van der Waals surface area contributed by atoms with Gasteiger partial charge in [0.15, 0.2) is 0 Å². The summed E-state index contributed by atoms with van der Waals surface area (Å²) < 4.78 is 0. The van der Waals surface area contributed by atoms with Crippen LogP contribution in [0.2, 0.25) is 5.02 Å². The molecule has 0 radical (unpaired) electrons. The first-order valence-electron chi connectivity index (χ1n) is 7.71. The largest absolute Gasteiger partial charge is 0.383 e. The van der Waals surface area contributed by atoms with Crippen molar-refractivity contribution in [3.05, 3.63) is 59.1 Å². The van der Waals surface area contributed by atoms with Gasteiger partial charge in [-0.3, -0.25) is 9.89 Å². The van der Waals surface area contributed by atoms with E-state index in [0.29, 0.717) is 33.1 Å². The van der Waals surface area contributed by atoms with Crippen molar-refractivity contribution in [2.75, 3.05) is 5.73 Å². The average Bonchev–Trinajstić information content (AvgIpc) is 3.03. The van der Waals surface area contributed by atoms with E-state index in [0.717, 1.165) is 16.7 Å². The molecule has 5 N–H and O–H groups in total. The molecule has 7 nitrogen and oxygen atoms in total. The van der Waals surface area contributed by atoms with Crippen LogP contribution in [0.15, 0.2) is 48.5 Å². The van der Waals surface area contributed by atoms with E-state index in [1.165, 1.54) is 0 Å². The lowest BCUT2D eigenvalue weighted by Gasteiger charge is -2.10. The molecule has 0 bridgehead atoms. The van der Waals surface area contributed by atoms with Gasteiger partial charge in [0, 0.05) is 21.7 Å². The first kappa shape index (κ1) is 16.0. The van der Waals surface area contributed by atoms with Crippen LogP contribution < -0.4 is 11.5 Å². The summed E-state index contributed by atoms with van der Waals surface area (Å²) in [5.41, 5.74) is 15.3. The monoisotopic (exact) mass is 364 g/mol. The lowest BCUT2D eigenvalue weighted by molar-refractivity contribution is 0.100. The number of rotatable bonds is 3. The number of hydrogen-bond acceptors (Lipinski definition) is 5. The number of carbonyl (C=O) groups is 1. The van der Waals surface area contributed by atoms with Crippen molar-refractivity contribution in [2.45, 2.75) is 0 Å². The molecule has 4 aromatic rings. The van der Waals surface area contributed by atoms with Gasteiger partial charge in [-0.25, -0.2) is 0 Å². The summed E-state index contributed by atoms with van der Waals surface area (Å²) >= 11 is 6.02. The minimum absolute atomic E-state index is 0.398. The van der Waals surface area contributed by atoms with Crippen LogP contribution in [0.1, 0.15) is 10.4 Å². The van der Waals surface area contributed by atoms with Crippen LogP contribution in [0.4, 0.5) is 5.82 Å². The highest BCUT2D eigenvalue weighted by atomic mass is 35.5. The Kier molecular flexibility index (Phi) is 3.78. The molecule has 2 aromatic heterocycles. The molecule has 0 aliphatic rings. The second kappa shape index (κ2) is 6.12. The Morgan fingerprint density at radius 3 is 2.27 bits per heavy atom. The smallest absolute Gasteiger partial charge is 0.248 e. The second-order valence-electron chi connectivity index (χ2n) is 5.71. The molecular weight excluding hydrogens is 352 g/mol. The second-order valence-corrected chi connectivity index (χ2v) is 6.14. The molecule has 0 saturated carbocycles. The van der Waals surface area contributed by atoms with Crippen LogP contribution in [0.25, 0.3) is 33.4 Å². The molecular formula is C18H13ClN6O. The molecule has 4 rings (SSSR count). The molecule has 0 fully saturated rings. The number of anilines is 1. The molecule has 0 atom stereocenters. The Labute approximate surface area is 153 Å². The van der Waals surface area contributed by atoms with Crippen molar-refractivity contribution >= 4 is 34.4 Å². The van der Waals surface area contributed by atoms with Gasteiger partial charge in [0.05, 0.1) is 5.39 Å². The summed E-state index contributed by atoms with van der Waals surface area (Å²) in [7, 11) is 0. The predicted molar refractivity (Wildman–Crippen MR) is 100 cm³/mol. The number of amides is 1. The van der Waals surface area contributed by atoms with Crippen LogP contribution >= 0.6 is 11.6 Å². The summed E-state index contributed by atoms with van der Waals surface area (Å²) in [4.78, 5) is 11.3. The van der Waals surface area contributed by atoms with E-state index >= 15 is 0 Å². The van der Waals surface area contributed by atoms with Crippen LogP contribution in [0, 0.1) is 0 Å². The Balaban J connectivity index is 2.00. The first-order chi connectivity index (χ1) is 12.5. The van der Waals surface area contributed by atoms with Crippen LogP contribution in [0.3, 0.4) is 0 Å². The van der Waals surface area contributed by atoms with E-state index in [-0.39, 0.29) is 0 Å². The minimum Gasteiger partial charge on any atom is -0.383 e. The third kappa shape index (κ3) is 2.64. The Bertz CT molecular complexity index is 1120. The maximum absolute atomic E-state index is 11.3. The summed E-state index contributed by atoms with van der Waals surface area (Å²) in [5.74, 6) is -0.0926. The van der Waals surface area contributed by atoms with Gasteiger partial charge in [0.25, 0.3) is 0 Å². The number of H-pyrrole nitrogens is 1. The van der Waals surface area contributed by atoms with Crippen molar-refractivity contribution in [1.29, 1.82) is 0 Å². The predicted octanol–water partition coefficient (Wildman–Crippen LogP) is 3.02. The average molecular weight is 365 g/mol. The lowest BCUT2D eigenvalue weighted by Crippen LogP contribution is -2.10. The van der Waals surface area contributed by atoms with E-state index in [1.54, 1.807) is 36.4 Å². The Hall–Kier alpha value is -3.45. The van der Waals surface area contributed by atoms with E-state index in [1.807, 2.05) is 12.1 Å². The van der Waals surface area contributed by atoms with Crippen molar-refractivity contribution in [2.24, 2.45) is 5.73 Å². The normalized spacial score (nSPS) is 11.0. The molecule has 1 amide bonds. The van der Waals surface area contributed by atoms with Crippen molar-refractivity contribution in [3.63, 3.8) is 0 Å². The molecule has 0 aliphatic heterocycles. The Morgan fingerprint density at radius 2 is 1.62 bits per heavy atom. The van der Waals surface area contributed by atoms with Crippen LogP contribution in [-0.2, 0) is 0 Å². The molecule has 2 aromatic carbocycles. The van der Waals surface area contributed by atoms with Gasteiger partial charge in [0.2, 0.25) is 11.6 Å². The maximum atomic E-state index is 11.3. The fourth-order valence-electron chi connectivity index (χ4n) is 2.82. The lowest BCUT2D eigenvalue weighted by atomic mass is 9.96. The summed E-state index contributed by atoms with van der Waals surface area (Å²) in [6, 6.07) is 14.2. The van der Waals surface area contributed by atoms with Gasteiger partial charge >= 0.3 is 0 Å². The molecule has 128 valence electrons.